The van der Waals surface area contributed by atoms with Gasteiger partial charge in [0.1, 0.15) is 5.69 Å². The number of nitrogens with zero attached hydrogens (tertiary/aromatic N) is 2. The molecule has 0 atom stereocenters. The second-order valence-electron chi connectivity index (χ2n) is 3.79. The van der Waals surface area contributed by atoms with Crippen molar-refractivity contribution in [3.8, 4) is 23.6 Å². The molecule has 0 saturated carbocycles. The molecule has 1 N–H and O–H groups in total. The van der Waals surface area contributed by atoms with Gasteiger partial charge in [-0.3, -0.25) is 4.98 Å². The molecular weight excluding hydrogens is 246 g/mol. The number of benzene rings is 1. The molecule has 1 aromatic carbocycles. The van der Waals surface area contributed by atoms with Gasteiger partial charge in [0.05, 0.1) is 28.6 Å². The second kappa shape index (κ2) is 4.17. The van der Waals surface area contributed by atoms with Crippen LogP contribution in [0.5, 0.6) is 0 Å². The molecule has 3 nitrogen and oxygen atoms in total. The van der Waals surface area contributed by atoms with Gasteiger partial charge < -0.3 is 4.98 Å². The minimum atomic E-state index is 0.526. The number of nitrogens with one attached hydrogen (secondary N) is 1. The van der Waals surface area contributed by atoms with E-state index in [-0.39, 0.29) is 0 Å². The lowest BCUT2D eigenvalue weighted by Gasteiger charge is -2.03. The van der Waals surface area contributed by atoms with Gasteiger partial charge in [0.25, 0.3) is 0 Å². The van der Waals surface area contributed by atoms with Crippen LogP contribution in [0, 0.1) is 12.3 Å². The summed E-state index contributed by atoms with van der Waals surface area (Å²) in [7, 11) is 0. The van der Waals surface area contributed by atoms with E-state index in [1.807, 2.05) is 24.4 Å². The van der Waals surface area contributed by atoms with E-state index in [0.29, 0.717) is 10.7 Å². The Kier molecular flexibility index (Phi) is 2.51. The Hall–Kier alpha value is -2.31. The minimum Gasteiger partial charge on any atom is -0.360 e. The molecule has 0 fully saturated rings. The Balaban J connectivity index is 2.22. The van der Waals surface area contributed by atoms with E-state index < -0.39 is 0 Å². The van der Waals surface area contributed by atoms with Crippen molar-refractivity contribution in [2.45, 2.75) is 0 Å². The molecular formula is C14H8ClN3. The SMILES string of the molecule is C#Cc1cnc(-c2ccc(Cl)c3[nH]ccc23)cn1. The zero-order valence-corrected chi connectivity index (χ0v) is 10.1. The van der Waals surface area contributed by atoms with Crippen molar-refractivity contribution >= 4 is 22.5 Å². The van der Waals surface area contributed by atoms with Gasteiger partial charge >= 0.3 is 0 Å². The maximum absolute atomic E-state index is 6.11. The van der Waals surface area contributed by atoms with Crippen molar-refractivity contribution in [2.24, 2.45) is 0 Å². The zero-order chi connectivity index (χ0) is 12.5. The molecule has 2 aromatic heterocycles. The molecule has 3 rings (SSSR count). The number of hydrogen-bond donors (Lipinski definition) is 1. The van der Waals surface area contributed by atoms with E-state index in [2.05, 4.69) is 20.9 Å². The minimum absolute atomic E-state index is 0.526. The number of halogens is 1. The molecule has 0 bridgehead atoms. The van der Waals surface area contributed by atoms with Crippen LogP contribution in [-0.4, -0.2) is 15.0 Å². The van der Waals surface area contributed by atoms with Crippen LogP contribution in [0.25, 0.3) is 22.2 Å². The number of terminal acetylenes is 1. The van der Waals surface area contributed by atoms with Crippen molar-refractivity contribution in [3.63, 3.8) is 0 Å². The third-order valence-electron chi connectivity index (χ3n) is 2.75. The quantitative estimate of drug-likeness (QED) is 0.677. The van der Waals surface area contributed by atoms with E-state index in [0.717, 1.165) is 22.2 Å². The fraction of sp³-hybridized carbons (Fsp3) is 0. The first-order valence-corrected chi connectivity index (χ1v) is 5.72. The summed E-state index contributed by atoms with van der Waals surface area (Å²) in [6.45, 7) is 0. The summed E-state index contributed by atoms with van der Waals surface area (Å²) in [4.78, 5) is 11.6. The van der Waals surface area contributed by atoms with Crippen LogP contribution in [0.1, 0.15) is 5.69 Å². The molecule has 18 heavy (non-hydrogen) atoms. The molecule has 0 saturated heterocycles. The first-order chi connectivity index (χ1) is 8.79. The fourth-order valence-corrected chi connectivity index (χ4v) is 2.11. The highest BCUT2D eigenvalue weighted by molar-refractivity contribution is 6.35. The van der Waals surface area contributed by atoms with Crippen molar-refractivity contribution in [2.75, 3.05) is 0 Å². The van der Waals surface area contributed by atoms with Crippen molar-refractivity contribution < 1.29 is 0 Å². The number of aromatic amines is 1. The van der Waals surface area contributed by atoms with Crippen molar-refractivity contribution in [3.05, 3.63) is 47.5 Å². The van der Waals surface area contributed by atoms with E-state index in [1.54, 1.807) is 12.4 Å². The average Bonchev–Trinajstić information content (AvgIpc) is 2.90. The maximum Gasteiger partial charge on any atom is 0.131 e. The molecule has 0 radical (unpaired) electrons. The zero-order valence-electron chi connectivity index (χ0n) is 9.31. The molecule has 3 aromatic rings. The smallest absolute Gasteiger partial charge is 0.131 e. The number of fused-ring (bicyclic) bond motifs is 1. The monoisotopic (exact) mass is 253 g/mol. The van der Waals surface area contributed by atoms with Gasteiger partial charge in [-0.05, 0) is 18.1 Å². The van der Waals surface area contributed by atoms with Crippen LogP contribution in [0.3, 0.4) is 0 Å². The van der Waals surface area contributed by atoms with Crippen molar-refractivity contribution in [1.82, 2.24) is 15.0 Å². The number of aromatic nitrogens is 3. The molecule has 0 aliphatic rings. The molecule has 2 heterocycles. The normalized spacial score (nSPS) is 10.4. The maximum atomic E-state index is 6.11. The Labute approximate surface area is 109 Å². The predicted octanol–water partition coefficient (Wildman–Crippen LogP) is 3.26. The first kappa shape index (κ1) is 10.8. The van der Waals surface area contributed by atoms with Crippen LogP contribution in [0.4, 0.5) is 0 Å². The Morgan fingerprint density at radius 3 is 2.78 bits per heavy atom. The highest BCUT2D eigenvalue weighted by Gasteiger charge is 2.08. The number of H-pyrrole nitrogens is 1. The highest BCUT2D eigenvalue weighted by atomic mass is 35.5. The van der Waals surface area contributed by atoms with Gasteiger partial charge in [-0.1, -0.05) is 17.7 Å². The van der Waals surface area contributed by atoms with Gasteiger partial charge in [0.15, 0.2) is 0 Å². The second-order valence-corrected chi connectivity index (χ2v) is 4.20. The molecule has 4 heteroatoms. The summed E-state index contributed by atoms with van der Waals surface area (Å²) in [5.74, 6) is 2.45. The van der Waals surface area contributed by atoms with Gasteiger partial charge in [-0.25, -0.2) is 4.98 Å². The predicted molar refractivity (Wildman–Crippen MR) is 72.3 cm³/mol. The van der Waals surface area contributed by atoms with E-state index in [1.165, 1.54) is 0 Å². The Morgan fingerprint density at radius 1 is 1.17 bits per heavy atom. The lowest BCUT2D eigenvalue weighted by Crippen LogP contribution is -1.89. The van der Waals surface area contributed by atoms with Crippen molar-refractivity contribution in [1.29, 1.82) is 0 Å². The van der Waals surface area contributed by atoms with Gasteiger partial charge in [-0.15, -0.1) is 6.42 Å². The van der Waals surface area contributed by atoms with Gasteiger partial charge in [0.2, 0.25) is 0 Å². The lowest BCUT2D eigenvalue weighted by molar-refractivity contribution is 1.18. The van der Waals surface area contributed by atoms with Crippen LogP contribution < -0.4 is 0 Å². The lowest BCUT2D eigenvalue weighted by atomic mass is 10.1. The van der Waals surface area contributed by atoms with Crippen LogP contribution in [0.15, 0.2) is 36.8 Å². The summed E-state index contributed by atoms with van der Waals surface area (Å²) in [6.07, 6.45) is 10.4. The molecule has 0 aliphatic heterocycles. The third kappa shape index (κ3) is 1.64. The van der Waals surface area contributed by atoms with E-state index in [4.69, 9.17) is 18.0 Å². The summed E-state index contributed by atoms with van der Waals surface area (Å²) >= 11 is 6.11. The summed E-state index contributed by atoms with van der Waals surface area (Å²) in [6, 6.07) is 5.73. The summed E-state index contributed by atoms with van der Waals surface area (Å²) in [5, 5.41) is 1.71. The number of rotatable bonds is 1. The highest BCUT2D eigenvalue weighted by Crippen LogP contribution is 2.30. The average molecular weight is 254 g/mol. The summed E-state index contributed by atoms with van der Waals surface area (Å²) < 4.78 is 0. The largest absolute Gasteiger partial charge is 0.360 e. The molecule has 86 valence electrons. The first-order valence-electron chi connectivity index (χ1n) is 5.34. The molecule has 0 amide bonds. The standard InChI is InChI=1S/C14H8ClN3/c1-2-9-7-18-13(8-17-9)10-3-4-12(15)14-11(10)5-6-16-14/h1,3-8,16H. The van der Waals surface area contributed by atoms with Gasteiger partial charge in [0, 0.05) is 17.1 Å². The van der Waals surface area contributed by atoms with Crippen LogP contribution >= 0.6 is 11.6 Å². The van der Waals surface area contributed by atoms with Crippen LogP contribution in [0.2, 0.25) is 5.02 Å². The molecule has 0 unspecified atom stereocenters. The van der Waals surface area contributed by atoms with Crippen LogP contribution in [-0.2, 0) is 0 Å². The molecule has 0 spiro atoms. The molecule has 0 aliphatic carbocycles. The van der Waals surface area contributed by atoms with E-state index >= 15 is 0 Å². The Bertz CT molecular complexity index is 751. The topological polar surface area (TPSA) is 41.6 Å². The van der Waals surface area contributed by atoms with E-state index in [9.17, 15) is 0 Å². The van der Waals surface area contributed by atoms with Gasteiger partial charge in [-0.2, -0.15) is 0 Å². The third-order valence-corrected chi connectivity index (χ3v) is 3.06. The number of hydrogen-bond acceptors (Lipinski definition) is 2. The fourth-order valence-electron chi connectivity index (χ4n) is 1.89. The Morgan fingerprint density at radius 2 is 2.06 bits per heavy atom. The summed E-state index contributed by atoms with van der Waals surface area (Å²) in [5.41, 5.74) is 3.18.